The molecule has 2 amide bonds. The standard InChI is InChI=1S/C13H15N3O2S/c1-9-8-19-13(14-9)16-12(18)15-11(7-17)10-5-3-2-4-6-10/h2-6,8,11,17H,7H2,1H3,(H2,14,15,16,18). The van der Waals surface area contributed by atoms with Crippen molar-refractivity contribution in [1.29, 1.82) is 0 Å². The van der Waals surface area contributed by atoms with Gasteiger partial charge in [0.25, 0.3) is 0 Å². The molecule has 19 heavy (non-hydrogen) atoms. The number of aliphatic hydroxyl groups is 1. The topological polar surface area (TPSA) is 74.2 Å². The number of nitrogens with one attached hydrogen (secondary N) is 2. The van der Waals surface area contributed by atoms with E-state index in [2.05, 4.69) is 15.6 Å². The van der Waals surface area contributed by atoms with Gasteiger partial charge in [-0.15, -0.1) is 11.3 Å². The molecule has 1 heterocycles. The van der Waals surface area contributed by atoms with Crippen LogP contribution in [-0.4, -0.2) is 22.7 Å². The minimum Gasteiger partial charge on any atom is -0.394 e. The molecule has 2 aromatic rings. The maximum atomic E-state index is 11.8. The number of benzene rings is 1. The van der Waals surface area contributed by atoms with Crippen molar-refractivity contribution in [2.24, 2.45) is 0 Å². The molecule has 0 spiro atoms. The number of carbonyl (C=O) groups excluding carboxylic acids is 1. The predicted octanol–water partition coefficient (Wildman–Crippen LogP) is 2.31. The minimum absolute atomic E-state index is 0.158. The fourth-order valence-corrected chi connectivity index (χ4v) is 2.31. The third kappa shape index (κ3) is 3.77. The Morgan fingerprint density at radius 3 is 2.74 bits per heavy atom. The minimum atomic E-state index is -0.428. The Morgan fingerprint density at radius 2 is 2.16 bits per heavy atom. The Morgan fingerprint density at radius 1 is 1.42 bits per heavy atom. The summed E-state index contributed by atoms with van der Waals surface area (Å²) in [5.41, 5.74) is 1.72. The quantitative estimate of drug-likeness (QED) is 0.803. The van der Waals surface area contributed by atoms with Crippen LogP contribution in [0.1, 0.15) is 17.3 Å². The molecule has 6 heteroatoms. The van der Waals surface area contributed by atoms with Crippen molar-refractivity contribution in [3.63, 3.8) is 0 Å². The molecule has 1 unspecified atom stereocenters. The van der Waals surface area contributed by atoms with Gasteiger partial charge in [-0.1, -0.05) is 30.3 Å². The number of hydrogen-bond donors (Lipinski definition) is 3. The Bertz CT molecular complexity index is 542. The van der Waals surface area contributed by atoms with Crippen LogP contribution in [0.2, 0.25) is 0 Å². The van der Waals surface area contributed by atoms with Crippen molar-refractivity contribution in [2.75, 3.05) is 11.9 Å². The van der Waals surface area contributed by atoms with Gasteiger partial charge in [0.05, 0.1) is 18.3 Å². The number of nitrogens with zero attached hydrogens (tertiary/aromatic N) is 1. The number of hydrogen-bond acceptors (Lipinski definition) is 4. The van der Waals surface area contributed by atoms with E-state index in [0.29, 0.717) is 5.13 Å². The average molecular weight is 277 g/mol. The number of thiazole rings is 1. The highest BCUT2D eigenvalue weighted by molar-refractivity contribution is 7.13. The predicted molar refractivity (Wildman–Crippen MR) is 75.3 cm³/mol. The Balaban J connectivity index is 1.97. The van der Waals surface area contributed by atoms with Gasteiger partial charge in [-0.25, -0.2) is 9.78 Å². The Labute approximate surface area is 115 Å². The number of rotatable bonds is 4. The van der Waals surface area contributed by atoms with Gasteiger partial charge >= 0.3 is 6.03 Å². The molecule has 0 aliphatic rings. The van der Waals surface area contributed by atoms with Crippen LogP contribution in [0.15, 0.2) is 35.7 Å². The number of amides is 2. The molecule has 5 nitrogen and oxygen atoms in total. The summed E-state index contributed by atoms with van der Waals surface area (Å²) < 4.78 is 0. The smallest absolute Gasteiger partial charge is 0.321 e. The normalized spacial score (nSPS) is 11.9. The molecule has 0 aliphatic carbocycles. The summed E-state index contributed by atoms with van der Waals surface area (Å²) in [5, 5.41) is 17.1. The van der Waals surface area contributed by atoms with E-state index in [1.807, 2.05) is 42.6 Å². The Hall–Kier alpha value is -1.92. The van der Waals surface area contributed by atoms with Crippen LogP contribution in [-0.2, 0) is 0 Å². The molecule has 100 valence electrons. The van der Waals surface area contributed by atoms with Crippen molar-refractivity contribution in [2.45, 2.75) is 13.0 Å². The van der Waals surface area contributed by atoms with E-state index in [0.717, 1.165) is 11.3 Å². The molecule has 1 aromatic heterocycles. The van der Waals surface area contributed by atoms with Crippen LogP contribution in [0.3, 0.4) is 0 Å². The third-order valence-corrected chi connectivity index (χ3v) is 3.40. The van der Waals surface area contributed by atoms with Crippen LogP contribution in [0.25, 0.3) is 0 Å². The maximum absolute atomic E-state index is 11.8. The molecule has 0 fully saturated rings. The van der Waals surface area contributed by atoms with Gasteiger partial charge in [0.2, 0.25) is 0 Å². The second-order valence-electron chi connectivity index (χ2n) is 4.04. The zero-order valence-corrected chi connectivity index (χ0v) is 11.3. The van der Waals surface area contributed by atoms with Crippen LogP contribution in [0.5, 0.6) is 0 Å². The molecular formula is C13H15N3O2S. The summed E-state index contributed by atoms with van der Waals surface area (Å²) in [4.78, 5) is 15.9. The first kappa shape index (κ1) is 13.5. The molecule has 0 saturated heterocycles. The van der Waals surface area contributed by atoms with Crippen molar-refractivity contribution in [3.8, 4) is 0 Å². The SMILES string of the molecule is Cc1csc(NC(=O)NC(CO)c2ccccc2)n1. The Kier molecular flexibility index (Phi) is 4.48. The highest BCUT2D eigenvalue weighted by atomic mass is 32.1. The third-order valence-electron chi connectivity index (χ3n) is 2.53. The zero-order chi connectivity index (χ0) is 13.7. The van der Waals surface area contributed by atoms with Crippen molar-refractivity contribution in [1.82, 2.24) is 10.3 Å². The number of aromatic nitrogens is 1. The summed E-state index contributed by atoms with van der Waals surface area (Å²) in [6.45, 7) is 1.70. The van der Waals surface area contributed by atoms with Crippen LogP contribution >= 0.6 is 11.3 Å². The molecule has 1 atom stereocenters. The van der Waals surface area contributed by atoms with E-state index in [1.54, 1.807) is 0 Å². The van der Waals surface area contributed by atoms with E-state index < -0.39 is 6.04 Å². The lowest BCUT2D eigenvalue weighted by atomic mass is 10.1. The van der Waals surface area contributed by atoms with E-state index in [1.165, 1.54) is 11.3 Å². The molecule has 1 aromatic carbocycles. The van der Waals surface area contributed by atoms with Gasteiger partial charge in [0.1, 0.15) is 0 Å². The second-order valence-corrected chi connectivity index (χ2v) is 4.90. The van der Waals surface area contributed by atoms with E-state index in [4.69, 9.17) is 0 Å². The van der Waals surface area contributed by atoms with Crippen LogP contribution in [0.4, 0.5) is 9.93 Å². The fraction of sp³-hybridized carbons (Fsp3) is 0.231. The first-order chi connectivity index (χ1) is 9.19. The first-order valence-corrected chi connectivity index (χ1v) is 6.72. The monoisotopic (exact) mass is 277 g/mol. The van der Waals surface area contributed by atoms with E-state index in [9.17, 15) is 9.90 Å². The van der Waals surface area contributed by atoms with Crippen LogP contribution in [0, 0.1) is 6.92 Å². The average Bonchev–Trinajstić information content (AvgIpc) is 2.82. The number of anilines is 1. The molecule has 3 N–H and O–H groups in total. The summed E-state index contributed by atoms with van der Waals surface area (Å²) >= 11 is 1.36. The van der Waals surface area contributed by atoms with Crippen molar-refractivity contribution < 1.29 is 9.90 Å². The number of urea groups is 1. The number of aryl methyl sites for hydroxylation is 1. The highest BCUT2D eigenvalue weighted by Crippen LogP contribution is 2.15. The highest BCUT2D eigenvalue weighted by Gasteiger charge is 2.13. The van der Waals surface area contributed by atoms with Gasteiger partial charge in [0, 0.05) is 5.38 Å². The van der Waals surface area contributed by atoms with Crippen LogP contribution < -0.4 is 10.6 Å². The lowest BCUT2D eigenvalue weighted by molar-refractivity contribution is 0.225. The molecule has 0 aliphatic heterocycles. The maximum Gasteiger partial charge on any atom is 0.321 e. The molecule has 2 rings (SSSR count). The number of aliphatic hydroxyl groups excluding tert-OH is 1. The lowest BCUT2D eigenvalue weighted by Gasteiger charge is -2.16. The molecule has 0 radical (unpaired) electrons. The summed E-state index contributed by atoms with van der Waals surface area (Å²) in [6, 6.07) is 8.52. The zero-order valence-electron chi connectivity index (χ0n) is 10.5. The van der Waals surface area contributed by atoms with Gasteiger partial charge in [-0.3, -0.25) is 5.32 Å². The van der Waals surface area contributed by atoms with Gasteiger partial charge in [0.15, 0.2) is 5.13 Å². The molecule has 0 bridgehead atoms. The number of carbonyl (C=O) groups is 1. The lowest BCUT2D eigenvalue weighted by Crippen LogP contribution is -2.34. The second kappa shape index (κ2) is 6.31. The van der Waals surface area contributed by atoms with Gasteiger partial charge in [-0.2, -0.15) is 0 Å². The molecular weight excluding hydrogens is 262 g/mol. The fourth-order valence-electron chi connectivity index (χ4n) is 1.62. The van der Waals surface area contributed by atoms with Crippen molar-refractivity contribution >= 4 is 22.5 Å². The van der Waals surface area contributed by atoms with E-state index >= 15 is 0 Å². The summed E-state index contributed by atoms with van der Waals surface area (Å²) in [7, 11) is 0. The van der Waals surface area contributed by atoms with E-state index in [-0.39, 0.29) is 12.6 Å². The summed E-state index contributed by atoms with van der Waals surface area (Å²) in [6.07, 6.45) is 0. The first-order valence-electron chi connectivity index (χ1n) is 5.84. The largest absolute Gasteiger partial charge is 0.394 e. The van der Waals surface area contributed by atoms with Crippen molar-refractivity contribution in [3.05, 3.63) is 47.0 Å². The molecule has 0 saturated carbocycles. The summed E-state index contributed by atoms with van der Waals surface area (Å²) in [5.74, 6) is 0. The van der Waals surface area contributed by atoms with Gasteiger partial charge < -0.3 is 10.4 Å². The van der Waals surface area contributed by atoms with Gasteiger partial charge in [-0.05, 0) is 12.5 Å².